The molecule has 1 atom stereocenters. The molecule has 0 aliphatic rings. The highest BCUT2D eigenvalue weighted by Gasteiger charge is 2.19. The summed E-state index contributed by atoms with van der Waals surface area (Å²) in [5.41, 5.74) is 0. The fraction of sp³-hybridized carbons (Fsp3) is 0.750. The Labute approximate surface area is 119 Å². The van der Waals surface area contributed by atoms with Crippen LogP contribution in [-0.2, 0) is 10.0 Å². The maximum absolute atomic E-state index is 12.0. The number of sulfonamides is 1. The molecular formula is C12H23N3O2S2. The zero-order valence-corrected chi connectivity index (χ0v) is 13.4. The summed E-state index contributed by atoms with van der Waals surface area (Å²) in [6.45, 7) is 6.76. The van der Waals surface area contributed by atoms with Crippen molar-refractivity contribution in [1.82, 2.24) is 15.0 Å². The van der Waals surface area contributed by atoms with Crippen LogP contribution in [0.4, 0.5) is 0 Å². The Morgan fingerprint density at radius 2 is 2.16 bits per heavy atom. The van der Waals surface area contributed by atoms with Gasteiger partial charge in [0, 0.05) is 17.6 Å². The summed E-state index contributed by atoms with van der Waals surface area (Å²) in [4.78, 5) is 4.17. The van der Waals surface area contributed by atoms with Crippen LogP contribution in [0.2, 0.25) is 0 Å². The molecule has 110 valence electrons. The lowest BCUT2D eigenvalue weighted by Crippen LogP contribution is -2.32. The van der Waals surface area contributed by atoms with E-state index in [-0.39, 0.29) is 11.8 Å². The lowest BCUT2D eigenvalue weighted by Gasteiger charge is -2.15. The smallest absolute Gasteiger partial charge is 0.212 e. The van der Waals surface area contributed by atoms with Gasteiger partial charge >= 0.3 is 0 Å². The van der Waals surface area contributed by atoms with Crippen molar-refractivity contribution in [2.45, 2.75) is 45.7 Å². The van der Waals surface area contributed by atoms with Gasteiger partial charge < -0.3 is 5.32 Å². The highest BCUT2D eigenvalue weighted by atomic mass is 32.2. The van der Waals surface area contributed by atoms with Crippen molar-refractivity contribution in [3.8, 4) is 0 Å². The Morgan fingerprint density at radius 3 is 2.68 bits per heavy atom. The topological polar surface area (TPSA) is 71.1 Å². The lowest BCUT2D eigenvalue weighted by atomic mass is 10.3. The highest BCUT2D eigenvalue weighted by Crippen LogP contribution is 2.19. The van der Waals surface area contributed by atoms with Gasteiger partial charge in [0.05, 0.1) is 11.8 Å². The van der Waals surface area contributed by atoms with Gasteiger partial charge in [0.2, 0.25) is 10.0 Å². The molecule has 0 saturated heterocycles. The predicted molar refractivity (Wildman–Crippen MR) is 79.8 cm³/mol. The standard InChI is InChI=1S/C12H23N3O2S2/c1-4-11(12-14-7-8-18-12)15-19(16,17)9-5-6-13-10(2)3/h7-8,10-11,13,15H,4-6,9H2,1-3H3. The number of hydrogen-bond donors (Lipinski definition) is 2. The van der Waals surface area contributed by atoms with E-state index >= 15 is 0 Å². The average molecular weight is 305 g/mol. The minimum absolute atomic E-state index is 0.147. The van der Waals surface area contributed by atoms with Crippen LogP contribution >= 0.6 is 11.3 Å². The van der Waals surface area contributed by atoms with Gasteiger partial charge in [-0.25, -0.2) is 18.1 Å². The normalized spacial score (nSPS) is 13.9. The monoisotopic (exact) mass is 305 g/mol. The largest absolute Gasteiger partial charge is 0.314 e. The number of nitrogens with one attached hydrogen (secondary N) is 2. The summed E-state index contributed by atoms with van der Waals surface area (Å²) >= 11 is 1.48. The number of hydrogen-bond acceptors (Lipinski definition) is 5. The highest BCUT2D eigenvalue weighted by molar-refractivity contribution is 7.89. The van der Waals surface area contributed by atoms with Crippen LogP contribution in [0.25, 0.3) is 0 Å². The summed E-state index contributed by atoms with van der Waals surface area (Å²) in [5.74, 6) is 0.147. The van der Waals surface area contributed by atoms with E-state index in [9.17, 15) is 8.42 Å². The fourth-order valence-electron chi connectivity index (χ4n) is 1.64. The minimum atomic E-state index is -3.24. The third kappa shape index (κ3) is 6.47. The number of thiazole rings is 1. The molecule has 1 aromatic rings. The van der Waals surface area contributed by atoms with E-state index in [1.54, 1.807) is 6.20 Å². The van der Waals surface area contributed by atoms with E-state index in [0.29, 0.717) is 25.4 Å². The van der Waals surface area contributed by atoms with Crippen LogP contribution in [0.3, 0.4) is 0 Å². The van der Waals surface area contributed by atoms with Gasteiger partial charge in [-0.3, -0.25) is 0 Å². The first-order valence-electron chi connectivity index (χ1n) is 6.57. The predicted octanol–water partition coefficient (Wildman–Crippen LogP) is 1.90. The van der Waals surface area contributed by atoms with Crippen molar-refractivity contribution in [3.05, 3.63) is 16.6 Å². The Balaban J connectivity index is 2.44. The van der Waals surface area contributed by atoms with Crippen LogP contribution in [0, 0.1) is 0 Å². The van der Waals surface area contributed by atoms with Crippen LogP contribution in [-0.4, -0.2) is 31.7 Å². The summed E-state index contributed by atoms with van der Waals surface area (Å²) in [5, 5.41) is 5.90. The first-order valence-corrected chi connectivity index (χ1v) is 9.10. The van der Waals surface area contributed by atoms with E-state index in [4.69, 9.17) is 0 Å². The molecule has 19 heavy (non-hydrogen) atoms. The van der Waals surface area contributed by atoms with Crippen molar-refractivity contribution >= 4 is 21.4 Å². The molecule has 0 radical (unpaired) electrons. The molecule has 2 N–H and O–H groups in total. The molecule has 1 aromatic heterocycles. The zero-order chi connectivity index (χ0) is 14.3. The van der Waals surface area contributed by atoms with E-state index in [1.165, 1.54) is 11.3 Å². The fourth-order valence-corrected chi connectivity index (χ4v) is 3.84. The number of rotatable bonds is 9. The molecular weight excluding hydrogens is 282 g/mol. The number of aromatic nitrogens is 1. The summed E-state index contributed by atoms with van der Waals surface area (Å²) in [6, 6.07) is 0.178. The molecule has 1 unspecified atom stereocenters. The third-order valence-corrected chi connectivity index (χ3v) is 4.98. The molecule has 0 aliphatic carbocycles. The second-order valence-corrected chi connectivity index (χ2v) is 7.53. The van der Waals surface area contributed by atoms with Gasteiger partial charge in [-0.2, -0.15) is 0 Å². The lowest BCUT2D eigenvalue weighted by molar-refractivity contribution is 0.539. The van der Waals surface area contributed by atoms with Crippen molar-refractivity contribution in [2.24, 2.45) is 0 Å². The van der Waals surface area contributed by atoms with Gasteiger partial charge in [0.1, 0.15) is 5.01 Å². The molecule has 0 aromatic carbocycles. The van der Waals surface area contributed by atoms with E-state index in [1.807, 2.05) is 26.2 Å². The SMILES string of the molecule is CCC(NS(=O)(=O)CCCNC(C)C)c1nccs1. The average Bonchev–Trinajstić information content (AvgIpc) is 2.85. The maximum Gasteiger partial charge on any atom is 0.212 e. The van der Waals surface area contributed by atoms with Crippen LogP contribution in [0.5, 0.6) is 0 Å². The Hall–Kier alpha value is -0.500. The quantitative estimate of drug-likeness (QED) is 0.684. The van der Waals surface area contributed by atoms with Gasteiger partial charge in [-0.1, -0.05) is 20.8 Å². The second kappa shape index (κ2) is 7.94. The molecule has 1 rings (SSSR count). The molecule has 5 nitrogen and oxygen atoms in total. The van der Waals surface area contributed by atoms with Gasteiger partial charge in [0.25, 0.3) is 0 Å². The maximum atomic E-state index is 12.0. The molecule has 0 saturated carbocycles. The molecule has 0 fully saturated rings. The summed E-state index contributed by atoms with van der Waals surface area (Å²) in [6.07, 6.45) is 3.02. The summed E-state index contributed by atoms with van der Waals surface area (Å²) < 4.78 is 26.7. The molecule has 0 amide bonds. The van der Waals surface area contributed by atoms with Crippen molar-refractivity contribution in [3.63, 3.8) is 0 Å². The molecule has 0 aliphatic heterocycles. The van der Waals surface area contributed by atoms with Crippen LogP contribution < -0.4 is 10.0 Å². The van der Waals surface area contributed by atoms with Gasteiger partial charge in [0.15, 0.2) is 0 Å². The third-order valence-electron chi connectivity index (χ3n) is 2.62. The molecule has 7 heteroatoms. The van der Waals surface area contributed by atoms with Crippen molar-refractivity contribution in [2.75, 3.05) is 12.3 Å². The van der Waals surface area contributed by atoms with E-state index < -0.39 is 10.0 Å². The van der Waals surface area contributed by atoms with Crippen LogP contribution in [0.15, 0.2) is 11.6 Å². The Bertz CT molecular complexity index is 444. The van der Waals surface area contributed by atoms with E-state index in [2.05, 4.69) is 15.0 Å². The molecule has 0 spiro atoms. The van der Waals surface area contributed by atoms with Crippen LogP contribution in [0.1, 0.15) is 44.7 Å². The van der Waals surface area contributed by atoms with Crippen molar-refractivity contribution < 1.29 is 8.42 Å². The Morgan fingerprint density at radius 1 is 1.42 bits per heavy atom. The number of nitrogens with zero attached hydrogens (tertiary/aromatic N) is 1. The molecule has 1 heterocycles. The second-order valence-electron chi connectivity index (χ2n) is 4.73. The Kier molecular flexibility index (Phi) is 6.92. The minimum Gasteiger partial charge on any atom is -0.314 e. The molecule has 0 bridgehead atoms. The van der Waals surface area contributed by atoms with Gasteiger partial charge in [-0.05, 0) is 19.4 Å². The first kappa shape index (κ1) is 16.6. The first-order chi connectivity index (χ1) is 8.94. The van der Waals surface area contributed by atoms with E-state index in [0.717, 1.165) is 5.01 Å². The van der Waals surface area contributed by atoms with Gasteiger partial charge in [-0.15, -0.1) is 11.3 Å². The zero-order valence-electron chi connectivity index (χ0n) is 11.7. The van der Waals surface area contributed by atoms with Crippen molar-refractivity contribution in [1.29, 1.82) is 0 Å². The summed E-state index contributed by atoms with van der Waals surface area (Å²) in [7, 11) is -3.24.